The lowest BCUT2D eigenvalue weighted by Crippen LogP contribution is -2.41. The lowest BCUT2D eigenvalue weighted by Gasteiger charge is -2.34. The zero-order valence-electron chi connectivity index (χ0n) is 13.6. The molecule has 0 radical (unpaired) electrons. The van der Waals surface area contributed by atoms with Crippen LogP contribution in [0.15, 0.2) is 34.3 Å². The van der Waals surface area contributed by atoms with Crippen molar-refractivity contribution in [1.82, 2.24) is 19.7 Å². The number of carbonyl (C=O) groups excluding carboxylic acids is 1. The number of nitrogens with zero attached hydrogens (tertiary/aromatic N) is 4. The molecule has 0 N–H and O–H groups in total. The van der Waals surface area contributed by atoms with E-state index in [0.717, 1.165) is 18.0 Å². The number of aryl methyl sites for hydroxylation is 2. The molecule has 4 rings (SSSR count). The van der Waals surface area contributed by atoms with Crippen LogP contribution in [-0.4, -0.2) is 32.1 Å². The van der Waals surface area contributed by atoms with E-state index < -0.39 is 0 Å². The van der Waals surface area contributed by atoms with Crippen molar-refractivity contribution in [2.24, 2.45) is 0 Å². The number of thiophene rings is 1. The van der Waals surface area contributed by atoms with E-state index in [-0.39, 0.29) is 18.5 Å². The van der Waals surface area contributed by atoms with Crippen LogP contribution in [0.5, 0.6) is 0 Å². The van der Waals surface area contributed by atoms with Gasteiger partial charge >= 0.3 is 0 Å². The molecule has 0 saturated heterocycles. The number of amides is 1. The minimum absolute atomic E-state index is 0.0289. The second-order valence-corrected chi connectivity index (χ2v) is 6.92. The second kappa shape index (κ2) is 5.90. The van der Waals surface area contributed by atoms with E-state index in [4.69, 9.17) is 4.42 Å². The SMILES string of the molecule is Cc1nc(C)n(CC(=O)N2CCc3sccc3[C@@H]2c2ccco2)n1. The predicted molar refractivity (Wildman–Crippen MR) is 89.8 cm³/mol. The largest absolute Gasteiger partial charge is 0.467 e. The molecule has 0 unspecified atom stereocenters. The number of hydrogen-bond donors (Lipinski definition) is 0. The van der Waals surface area contributed by atoms with Gasteiger partial charge < -0.3 is 9.32 Å². The molecule has 6 nitrogen and oxygen atoms in total. The molecular weight excluding hydrogens is 324 g/mol. The first-order valence-corrected chi connectivity index (χ1v) is 8.78. The molecule has 0 bridgehead atoms. The van der Waals surface area contributed by atoms with E-state index in [1.54, 1.807) is 22.3 Å². The van der Waals surface area contributed by atoms with Crippen LogP contribution in [0.2, 0.25) is 0 Å². The number of aromatic nitrogens is 3. The third kappa shape index (κ3) is 2.54. The van der Waals surface area contributed by atoms with Crippen molar-refractivity contribution in [1.29, 1.82) is 0 Å². The molecule has 3 aromatic rings. The van der Waals surface area contributed by atoms with Gasteiger partial charge in [0.25, 0.3) is 0 Å². The fourth-order valence-electron chi connectivity index (χ4n) is 3.27. The number of hydrogen-bond acceptors (Lipinski definition) is 5. The molecule has 1 aliphatic rings. The highest BCUT2D eigenvalue weighted by Gasteiger charge is 2.34. The molecule has 4 heterocycles. The summed E-state index contributed by atoms with van der Waals surface area (Å²) in [5.74, 6) is 2.26. The van der Waals surface area contributed by atoms with Crippen molar-refractivity contribution in [3.63, 3.8) is 0 Å². The Balaban J connectivity index is 1.66. The normalized spacial score (nSPS) is 17.1. The molecule has 7 heteroatoms. The summed E-state index contributed by atoms with van der Waals surface area (Å²) >= 11 is 1.74. The van der Waals surface area contributed by atoms with Gasteiger partial charge in [0, 0.05) is 11.4 Å². The summed E-state index contributed by atoms with van der Waals surface area (Å²) in [6, 6.07) is 5.73. The van der Waals surface area contributed by atoms with E-state index in [0.29, 0.717) is 12.4 Å². The second-order valence-electron chi connectivity index (χ2n) is 5.92. The fraction of sp³-hybridized carbons (Fsp3) is 0.353. The number of fused-ring (bicyclic) bond motifs is 1. The monoisotopic (exact) mass is 342 g/mol. The van der Waals surface area contributed by atoms with Crippen LogP contribution in [0.3, 0.4) is 0 Å². The van der Waals surface area contributed by atoms with Crippen molar-refractivity contribution in [2.75, 3.05) is 6.54 Å². The van der Waals surface area contributed by atoms with Crippen LogP contribution in [0.1, 0.15) is 33.9 Å². The maximum atomic E-state index is 13.0. The molecule has 3 aromatic heterocycles. The van der Waals surface area contributed by atoms with E-state index in [9.17, 15) is 4.79 Å². The quantitative estimate of drug-likeness (QED) is 0.734. The summed E-state index contributed by atoms with van der Waals surface area (Å²) in [4.78, 5) is 20.5. The standard InChI is InChI=1S/C17H18N4O2S/c1-11-18-12(2)21(19-11)10-16(22)20-7-5-15-13(6-9-24-15)17(20)14-4-3-8-23-14/h3-4,6,8-9,17H,5,7,10H2,1-2H3/t17-/m1/s1. The van der Waals surface area contributed by atoms with E-state index >= 15 is 0 Å². The first kappa shape index (κ1) is 15.1. The molecule has 1 amide bonds. The lowest BCUT2D eigenvalue weighted by atomic mass is 9.97. The van der Waals surface area contributed by atoms with Crippen LogP contribution in [0, 0.1) is 13.8 Å². The van der Waals surface area contributed by atoms with Gasteiger partial charge in [-0.1, -0.05) is 0 Å². The average Bonchev–Trinajstić information content (AvgIpc) is 3.28. The average molecular weight is 342 g/mol. The third-order valence-corrected chi connectivity index (χ3v) is 5.34. The molecule has 0 spiro atoms. The zero-order valence-corrected chi connectivity index (χ0v) is 14.4. The van der Waals surface area contributed by atoms with Crippen LogP contribution < -0.4 is 0 Å². The lowest BCUT2D eigenvalue weighted by molar-refractivity contribution is -0.134. The number of rotatable bonds is 3. The first-order valence-electron chi connectivity index (χ1n) is 7.90. The molecule has 0 saturated carbocycles. The smallest absolute Gasteiger partial charge is 0.245 e. The summed E-state index contributed by atoms with van der Waals surface area (Å²) in [5, 5.41) is 6.39. The topological polar surface area (TPSA) is 64.2 Å². The Morgan fingerprint density at radius 3 is 3.00 bits per heavy atom. The Hall–Kier alpha value is -2.41. The highest BCUT2D eigenvalue weighted by molar-refractivity contribution is 7.10. The minimum atomic E-state index is -0.160. The van der Waals surface area contributed by atoms with Gasteiger partial charge in [-0.3, -0.25) is 4.79 Å². The number of carbonyl (C=O) groups is 1. The van der Waals surface area contributed by atoms with Crippen LogP contribution in [0.25, 0.3) is 0 Å². The van der Waals surface area contributed by atoms with E-state index in [2.05, 4.69) is 21.5 Å². The molecular formula is C17H18N4O2S. The fourth-order valence-corrected chi connectivity index (χ4v) is 4.17. The van der Waals surface area contributed by atoms with Gasteiger partial charge in [-0.15, -0.1) is 11.3 Å². The van der Waals surface area contributed by atoms with Crippen LogP contribution in [-0.2, 0) is 17.8 Å². The summed E-state index contributed by atoms with van der Waals surface area (Å²) in [7, 11) is 0. The van der Waals surface area contributed by atoms with Crippen LogP contribution >= 0.6 is 11.3 Å². The van der Waals surface area contributed by atoms with Gasteiger partial charge in [-0.05, 0) is 49.4 Å². The van der Waals surface area contributed by atoms with Crippen molar-refractivity contribution in [3.05, 3.63) is 57.7 Å². The number of furan rings is 1. The van der Waals surface area contributed by atoms with Gasteiger partial charge in [0.1, 0.15) is 30.0 Å². The van der Waals surface area contributed by atoms with Crippen molar-refractivity contribution in [2.45, 2.75) is 32.9 Å². The highest BCUT2D eigenvalue weighted by Crippen LogP contribution is 2.38. The predicted octanol–water partition coefficient (Wildman–Crippen LogP) is 2.72. The minimum Gasteiger partial charge on any atom is -0.467 e. The Morgan fingerprint density at radius 1 is 1.42 bits per heavy atom. The first-order chi connectivity index (χ1) is 11.6. The van der Waals surface area contributed by atoms with Crippen molar-refractivity contribution < 1.29 is 9.21 Å². The molecule has 0 fully saturated rings. The Kier molecular flexibility index (Phi) is 3.72. The molecule has 1 aliphatic heterocycles. The van der Waals surface area contributed by atoms with Crippen molar-refractivity contribution in [3.8, 4) is 0 Å². The Bertz CT molecular complexity index is 865. The summed E-state index contributed by atoms with van der Waals surface area (Å²) in [6.07, 6.45) is 2.54. The van der Waals surface area contributed by atoms with Gasteiger partial charge in [0.2, 0.25) is 5.91 Å². The van der Waals surface area contributed by atoms with E-state index in [1.807, 2.05) is 30.9 Å². The Labute approximate surface area is 143 Å². The van der Waals surface area contributed by atoms with Gasteiger partial charge in [0.05, 0.1) is 6.26 Å². The molecule has 1 atom stereocenters. The van der Waals surface area contributed by atoms with Gasteiger partial charge in [-0.2, -0.15) is 5.10 Å². The maximum absolute atomic E-state index is 13.0. The van der Waals surface area contributed by atoms with Crippen LogP contribution in [0.4, 0.5) is 0 Å². The Morgan fingerprint density at radius 2 is 2.29 bits per heavy atom. The van der Waals surface area contributed by atoms with Gasteiger partial charge in [-0.25, -0.2) is 9.67 Å². The molecule has 0 aromatic carbocycles. The molecule has 124 valence electrons. The molecule has 24 heavy (non-hydrogen) atoms. The summed E-state index contributed by atoms with van der Waals surface area (Å²) in [6.45, 7) is 4.58. The molecule has 0 aliphatic carbocycles. The summed E-state index contributed by atoms with van der Waals surface area (Å²) < 4.78 is 7.30. The van der Waals surface area contributed by atoms with E-state index in [1.165, 1.54) is 10.4 Å². The summed E-state index contributed by atoms with van der Waals surface area (Å²) in [5.41, 5.74) is 1.17. The maximum Gasteiger partial charge on any atom is 0.245 e. The third-order valence-electron chi connectivity index (χ3n) is 4.35. The van der Waals surface area contributed by atoms with Gasteiger partial charge in [0.15, 0.2) is 0 Å². The highest BCUT2D eigenvalue weighted by atomic mass is 32.1. The zero-order chi connectivity index (χ0) is 16.7. The van der Waals surface area contributed by atoms with Crippen molar-refractivity contribution >= 4 is 17.2 Å².